The summed E-state index contributed by atoms with van der Waals surface area (Å²) in [7, 11) is 1.80. The van der Waals surface area contributed by atoms with Gasteiger partial charge in [0, 0.05) is 35.8 Å². The standard InChI is InChI=1S/C53H61N4O6P/c1-38(2)57(39(3)4)64(62-34-16-33-54)63-46-35-43(56(36-46)52(58)24-15-12-19-47-48-20-10-13-22-50(48)55-51-23-14-11-21-49(47)51)37-61-53(40-17-8-7-9-18-40,41-25-29-44(59-5)30-26-41)42-27-31-45(60-6)32-28-42/h7-11,13-14,17-18,20-23,25-32,38-39,43,46H,12,15-16,19,24,34-37H2,1-6H3/t43-,46+,64?/m0/s1. The van der Waals surface area contributed by atoms with Gasteiger partial charge in [-0.3, -0.25) is 4.79 Å². The van der Waals surface area contributed by atoms with E-state index < -0.39 is 14.1 Å². The number of likely N-dealkylation sites (tertiary alicyclic amines) is 1. The highest BCUT2D eigenvalue weighted by Gasteiger charge is 2.43. The Balaban J connectivity index is 1.19. The number of rotatable bonds is 21. The molecule has 0 radical (unpaired) electrons. The summed E-state index contributed by atoms with van der Waals surface area (Å²) in [5.41, 5.74) is 4.98. The fourth-order valence-corrected chi connectivity index (χ4v) is 10.8. The Morgan fingerprint density at radius 1 is 0.781 bits per heavy atom. The normalized spacial score (nSPS) is 15.9. The minimum atomic E-state index is -1.53. The molecule has 64 heavy (non-hydrogen) atoms. The maximum atomic E-state index is 14.7. The second-order valence-corrected chi connectivity index (χ2v) is 18.3. The van der Waals surface area contributed by atoms with Crippen LogP contribution in [0.2, 0.25) is 0 Å². The molecule has 7 rings (SSSR count). The van der Waals surface area contributed by atoms with E-state index in [-0.39, 0.29) is 49.8 Å². The topological polar surface area (TPSA) is 106 Å². The van der Waals surface area contributed by atoms with Crippen molar-refractivity contribution in [3.05, 3.63) is 150 Å². The lowest BCUT2D eigenvalue weighted by Crippen LogP contribution is -2.42. The van der Waals surface area contributed by atoms with Crippen molar-refractivity contribution in [2.45, 2.75) is 96.1 Å². The molecule has 1 unspecified atom stereocenters. The predicted molar refractivity (Wildman–Crippen MR) is 255 cm³/mol. The SMILES string of the molecule is COc1ccc(C(OC[C@@H]2C[C@@H](OP(OCCC#N)N(C(C)C)C(C)C)CN2C(=O)CCCCc2c3ccccc3nc3ccccc23)(c2ccccc2)c2ccc(OC)cc2)cc1. The van der Waals surface area contributed by atoms with Gasteiger partial charge in [-0.25, -0.2) is 9.65 Å². The van der Waals surface area contributed by atoms with Gasteiger partial charge in [0.25, 0.3) is 8.53 Å². The van der Waals surface area contributed by atoms with Crippen LogP contribution >= 0.6 is 8.53 Å². The van der Waals surface area contributed by atoms with Gasteiger partial charge in [-0.1, -0.05) is 91.0 Å². The first-order chi connectivity index (χ1) is 31.2. The molecule has 6 aromatic rings. The van der Waals surface area contributed by atoms with Crippen molar-refractivity contribution in [3.63, 3.8) is 0 Å². The lowest BCUT2D eigenvalue weighted by Gasteiger charge is -2.38. The molecule has 1 saturated heterocycles. The molecule has 1 aliphatic heterocycles. The van der Waals surface area contributed by atoms with Crippen molar-refractivity contribution in [1.82, 2.24) is 14.6 Å². The number of pyridine rings is 1. The van der Waals surface area contributed by atoms with Gasteiger partial charge >= 0.3 is 0 Å². The zero-order chi connectivity index (χ0) is 45.1. The van der Waals surface area contributed by atoms with Gasteiger partial charge in [-0.15, -0.1) is 0 Å². The van der Waals surface area contributed by atoms with E-state index >= 15 is 0 Å². The number of ether oxygens (including phenoxy) is 3. The zero-order valence-corrected chi connectivity index (χ0v) is 38.9. The number of fused-ring (bicyclic) bond motifs is 2. The Hall–Kier alpha value is -5.40. The molecule has 1 fully saturated rings. The summed E-state index contributed by atoms with van der Waals surface area (Å²) in [6.07, 6.45) is 3.31. The minimum absolute atomic E-state index is 0.0719. The third kappa shape index (κ3) is 10.6. The third-order valence-corrected chi connectivity index (χ3v) is 14.2. The average molecular weight is 881 g/mol. The number of benzene rings is 5. The van der Waals surface area contributed by atoms with Crippen LogP contribution in [0.4, 0.5) is 0 Å². The number of para-hydroxylation sites is 2. The molecular formula is C53H61N4O6P. The highest BCUT2D eigenvalue weighted by atomic mass is 31.2. The second-order valence-electron chi connectivity index (χ2n) is 16.9. The van der Waals surface area contributed by atoms with Gasteiger partial charge in [0.05, 0.1) is 63.1 Å². The molecule has 2 heterocycles. The van der Waals surface area contributed by atoms with Crippen LogP contribution in [0.25, 0.3) is 21.8 Å². The van der Waals surface area contributed by atoms with Crippen molar-refractivity contribution in [3.8, 4) is 17.6 Å². The number of nitriles is 1. The number of amides is 1. The Labute approximate surface area is 380 Å². The van der Waals surface area contributed by atoms with Gasteiger partial charge in [0.2, 0.25) is 5.91 Å². The number of hydrogen-bond donors (Lipinski definition) is 0. The number of nitrogens with zero attached hydrogens (tertiary/aromatic N) is 4. The Morgan fingerprint density at radius 2 is 1.33 bits per heavy atom. The molecule has 0 N–H and O–H groups in total. The molecule has 0 aliphatic carbocycles. The van der Waals surface area contributed by atoms with Crippen molar-refractivity contribution in [1.29, 1.82) is 5.26 Å². The van der Waals surface area contributed by atoms with Crippen LogP contribution in [-0.4, -0.2) is 78.7 Å². The van der Waals surface area contributed by atoms with Gasteiger partial charge in [-0.2, -0.15) is 5.26 Å². The van der Waals surface area contributed by atoms with Gasteiger partial charge in [-0.05, 0) is 112 Å². The molecule has 0 bridgehead atoms. The van der Waals surface area contributed by atoms with Crippen LogP contribution in [0.5, 0.6) is 11.5 Å². The summed E-state index contributed by atoms with van der Waals surface area (Å²) < 4.78 is 34.1. The first kappa shape index (κ1) is 46.6. The van der Waals surface area contributed by atoms with Gasteiger partial charge in [0.1, 0.15) is 17.1 Å². The largest absolute Gasteiger partial charge is 0.497 e. The Morgan fingerprint density at radius 3 is 1.88 bits per heavy atom. The van der Waals surface area contributed by atoms with Crippen molar-refractivity contribution < 1.29 is 28.1 Å². The average Bonchev–Trinajstić information content (AvgIpc) is 3.73. The fraction of sp³-hybridized carbons (Fsp3) is 0.377. The van der Waals surface area contributed by atoms with Crippen LogP contribution < -0.4 is 9.47 Å². The van der Waals surface area contributed by atoms with E-state index in [1.54, 1.807) is 14.2 Å². The first-order valence-corrected chi connectivity index (χ1v) is 23.6. The smallest absolute Gasteiger partial charge is 0.259 e. The number of aryl methyl sites for hydroxylation is 1. The summed E-state index contributed by atoms with van der Waals surface area (Å²) in [4.78, 5) is 21.6. The van der Waals surface area contributed by atoms with Crippen LogP contribution in [0.3, 0.4) is 0 Å². The molecule has 11 heteroatoms. The Kier molecular flexibility index (Phi) is 16.0. The molecule has 0 saturated carbocycles. The highest BCUT2D eigenvalue weighted by Crippen LogP contribution is 2.49. The highest BCUT2D eigenvalue weighted by molar-refractivity contribution is 7.44. The quantitative estimate of drug-likeness (QED) is 0.0302. The van der Waals surface area contributed by atoms with E-state index in [9.17, 15) is 10.1 Å². The van der Waals surface area contributed by atoms with Crippen LogP contribution in [0.15, 0.2) is 127 Å². The molecule has 1 amide bonds. The monoisotopic (exact) mass is 880 g/mol. The molecule has 5 aromatic carbocycles. The molecular weight excluding hydrogens is 820 g/mol. The van der Waals surface area contributed by atoms with Gasteiger partial charge in [0.15, 0.2) is 0 Å². The molecule has 1 aliphatic rings. The number of aromatic nitrogens is 1. The number of carbonyl (C=O) groups is 1. The van der Waals surface area contributed by atoms with Crippen LogP contribution in [-0.2, 0) is 30.6 Å². The van der Waals surface area contributed by atoms with Gasteiger partial charge < -0.3 is 28.2 Å². The fourth-order valence-electron chi connectivity index (χ4n) is 9.05. The van der Waals surface area contributed by atoms with Crippen LogP contribution in [0.1, 0.15) is 82.1 Å². The third-order valence-electron chi connectivity index (χ3n) is 12.0. The number of methoxy groups -OCH3 is 2. The summed E-state index contributed by atoms with van der Waals surface area (Å²) in [5, 5.41) is 11.7. The molecule has 0 spiro atoms. The van der Waals surface area contributed by atoms with E-state index in [1.807, 2.05) is 83.8 Å². The minimum Gasteiger partial charge on any atom is -0.497 e. The van der Waals surface area contributed by atoms with Crippen molar-refractivity contribution >= 4 is 36.2 Å². The van der Waals surface area contributed by atoms with Crippen LogP contribution in [0, 0.1) is 11.3 Å². The van der Waals surface area contributed by atoms with E-state index in [0.29, 0.717) is 19.4 Å². The summed E-state index contributed by atoms with van der Waals surface area (Å²) in [6, 6.07) is 45.1. The van der Waals surface area contributed by atoms with E-state index in [2.05, 4.69) is 87.0 Å². The molecule has 10 nitrogen and oxygen atoms in total. The lowest BCUT2D eigenvalue weighted by molar-refractivity contribution is -0.134. The zero-order valence-electron chi connectivity index (χ0n) is 38.0. The summed E-state index contributed by atoms with van der Waals surface area (Å²) in [6.45, 7) is 9.43. The second kappa shape index (κ2) is 22.0. The number of hydrogen-bond acceptors (Lipinski definition) is 9. The number of unbranched alkanes of at least 4 members (excludes halogenated alkanes) is 1. The Bertz CT molecular complexity index is 2370. The van der Waals surface area contributed by atoms with Crippen molar-refractivity contribution in [2.24, 2.45) is 0 Å². The maximum Gasteiger partial charge on any atom is 0.259 e. The van der Waals surface area contributed by atoms with E-state index in [4.69, 9.17) is 28.2 Å². The number of carbonyl (C=O) groups excluding carboxylic acids is 1. The summed E-state index contributed by atoms with van der Waals surface area (Å²) in [5.74, 6) is 1.55. The molecule has 334 valence electrons. The maximum absolute atomic E-state index is 14.7. The molecule has 3 atom stereocenters. The lowest BCUT2D eigenvalue weighted by atomic mass is 9.80. The van der Waals surface area contributed by atoms with E-state index in [0.717, 1.165) is 69.3 Å². The molecule has 1 aromatic heterocycles. The van der Waals surface area contributed by atoms with Crippen molar-refractivity contribution in [2.75, 3.05) is 34.0 Å². The predicted octanol–water partition coefficient (Wildman–Crippen LogP) is 11.4. The summed E-state index contributed by atoms with van der Waals surface area (Å²) >= 11 is 0. The van der Waals surface area contributed by atoms with E-state index in [1.165, 1.54) is 5.56 Å². The first-order valence-electron chi connectivity index (χ1n) is 22.5.